The van der Waals surface area contributed by atoms with E-state index < -0.39 is 5.91 Å². The second-order valence-electron chi connectivity index (χ2n) is 10.5. The fourth-order valence-electron chi connectivity index (χ4n) is 5.59. The SMILES string of the molecule is COc1cccc(C#N)c1NC(=O)c1nc(Nc2ccc(N3CCN(C4CCN(C)CC4)CC3)c(C)c2)ncc1Cl. The first kappa shape index (κ1) is 28.6. The van der Waals surface area contributed by atoms with Crippen LogP contribution in [0, 0.1) is 18.3 Å². The Hall–Kier alpha value is -3.91. The highest BCUT2D eigenvalue weighted by Gasteiger charge is 2.27. The maximum absolute atomic E-state index is 13.1. The molecule has 2 N–H and O–H groups in total. The van der Waals surface area contributed by atoms with Gasteiger partial charge in [0, 0.05) is 43.6 Å². The number of piperidine rings is 1. The molecular weight excluding hydrogens is 540 g/mol. The van der Waals surface area contributed by atoms with Crippen LogP contribution in [0.25, 0.3) is 0 Å². The first-order chi connectivity index (χ1) is 19.9. The third kappa shape index (κ3) is 6.54. The van der Waals surface area contributed by atoms with Crippen LogP contribution in [0.2, 0.25) is 5.02 Å². The molecule has 5 rings (SSSR count). The lowest BCUT2D eigenvalue weighted by atomic mass is 10.0. The van der Waals surface area contributed by atoms with Gasteiger partial charge in [0.05, 0.1) is 23.9 Å². The lowest BCUT2D eigenvalue weighted by Crippen LogP contribution is -2.53. The summed E-state index contributed by atoms with van der Waals surface area (Å²) in [6, 6.07) is 13.9. The standard InChI is InChI=1S/C30H35ClN8O2/c1-20-17-22(7-8-25(20)39-15-13-38(14-16-39)23-9-11-37(2)12-10-23)34-30-33-19-24(31)28(36-30)29(40)35-27-21(18-32)5-4-6-26(27)41-3/h4-8,17,19,23H,9-16H2,1-3H3,(H,35,40)(H,33,34,36). The van der Waals surface area contributed by atoms with Crippen molar-refractivity contribution in [2.24, 2.45) is 0 Å². The fraction of sp³-hybridized carbons (Fsp3) is 0.400. The maximum atomic E-state index is 13.1. The number of anilines is 4. The van der Waals surface area contributed by atoms with Crippen molar-refractivity contribution in [1.29, 1.82) is 5.26 Å². The number of aromatic nitrogens is 2. The summed E-state index contributed by atoms with van der Waals surface area (Å²) in [6.07, 6.45) is 3.89. The van der Waals surface area contributed by atoms with Crippen molar-refractivity contribution in [2.75, 3.05) is 69.0 Å². The van der Waals surface area contributed by atoms with Gasteiger partial charge in [-0.15, -0.1) is 0 Å². The van der Waals surface area contributed by atoms with E-state index in [1.807, 2.05) is 6.07 Å². The van der Waals surface area contributed by atoms with Gasteiger partial charge < -0.3 is 25.2 Å². The van der Waals surface area contributed by atoms with Crippen LogP contribution in [0.3, 0.4) is 0 Å². The Labute approximate surface area is 245 Å². The summed E-state index contributed by atoms with van der Waals surface area (Å²) in [6.45, 7) is 8.67. The number of amides is 1. The van der Waals surface area contributed by atoms with E-state index >= 15 is 0 Å². The van der Waals surface area contributed by atoms with E-state index in [2.05, 4.69) is 67.5 Å². The highest BCUT2D eigenvalue weighted by Crippen LogP contribution is 2.30. The molecule has 0 bridgehead atoms. The number of likely N-dealkylation sites (tertiary alicyclic amines) is 1. The number of nitriles is 1. The Morgan fingerprint density at radius 1 is 1.12 bits per heavy atom. The molecule has 1 aromatic heterocycles. The predicted molar refractivity (Wildman–Crippen MR) is 161 cm³/mol. The van der Waals surface area contributed by atoms with Gasteiger partial charge in [0.1, 0.15) is 17.5 Å². The number of piperazine rings is 1. The molecule has 2 aromatic carbocycles. The molecule has 3 heterocycles. The number of benzene rings is 2. The van der Waals surface area contributed by atoms with Crippen molar-refractivity contribution in [1.82, 2.24) is 19.8 Å². The van der Waals surface area contributed by atoms with Gasteiger partial charge in [0.15, 0.2) is 5.69 Å². The molecule has 0 spiro atoms. The summed E-state index contributed by atoms with van der Waals surface area (Å²) in [4.78, 5) is 29.3. The molecule has 2 fully saturated rings. The summed E-state index contributed by atoms with van der Waals surface area (Å²) in [5, 5.41) is 15.4. The number of nitrogens with zero attached hydrogens (tertiary/aromatic N) is 6. The third-order valence-corrected chi connectivity index (χ3v) is 8.15. The van der Waals surface area contributed by atoms with Crippen LogP contribution in [0.1, 0.15) is 34.5 Å². The van der Waals surface area contributed by atoms with Crippen LogP contribution in [0.5, 0.6) is 5.75 Å². The van der Waals surface area contributed by atoms with E-state index in [-0.39, 0.29) is 27.9 Å². The molecule has 3 aromatic rings. The van der Waals surface area contributed by atoms with Crippen LogP contribution >= 0.6 is 11.6 Å². The van der Waals surface area contributed by atoms with Crippen molar-refractivity contribution in [3.05, 3.63) is 64.4 Å². The fourth-order valence-corrected chi connectivity index (χ4v) is 5.76. The second-order valence-corrected chi connectivity index (χ2v) is 10.9. The Morgan fingerprint density at radius 3 is 2.56 bits per heavy atom. The Bertz CT molecular complexity index is 1440. The summed E-state index contributed by atoms with van der Waals surface area (Å²) >= 11 is 6.28. The molecule has 2 saturated heterocycles. The number of ether oxygens (including phenoxy) is 1. The van der Waals surface area contributed by atoms with E-state index in [1.54, 1.807) is 18.2 Å². The minimum Gasteiger partial charge on any atom is -0.495 e. The molecule has 0 radical (unpaired) electrons. The van der Waals surface area contributed by atoms with Gasteiger partial charge >= 0.3 is 0 Å². The molecule has 0 atom stereocenters. The van der Waals surface area contributed by atoms with Gasteiger partial charge in [-0.3, -0.25) is 9.69 Å². The number of para-hydroxylation sites is 1. The number of hydrogen-bond acceptors (Lipinski definition) is 9. The minimum absolute atomic E-state index is 0.0187. The number of methoxy groups -OCH3 is 1. The zero-order chi connectivity index (χ0) is 28.9. The molecule has 10 nitrogen and oxygen atoms in total. The van der Waals surface area contributed by atoms with Gasteiger partial charge in [-0.1, -0.05) is 17.7 Å². The number of carbonyl (C=O) groups excluding carboxylic acids is 1. The summed E-state index contributed by atoms with van der Waals surface area (Å²) in [7, 11) is 3.68. The number of nitrogens with one attached hydrogen (secondary N) is 2. The average Bonchev–Trinajstić information content (AvgIpc) is 2.99. The molecule has 11 heteroatoms. The Morgan fingerprint density at radius 2 is 1.88 bits per heavy atom. The van der Waals surface area contributed by atoms with Crippen LogP contribution in [-0.4, -0.2) is 85.1 Å². The molecule has 2 aliphatic rings. The first-order valence-corrected chi connectivity index (χ1v) is 14.2. The largest absolute Gasteiger partial charge is 0.495 e. The third-order valence-electron chi connectivity index (χ3n) is 7.88. The topological polar surface area (TPSA) is 110 Å². The monoisotopic (exact) mass is 574 g/mol. The normalized spacial score (nSPS) is 16.7. The van der Waals surface area contributed by atoms with E-state index in [0.717, 1.165) is 37.4 Å². The second kappa shape index (κ2) is 12.7. The number of halogens is 1. The summed E-state index contributed by atoms with van der Waals surface area (Å²) in [5.41, 5.74) is 3.68. The molecule has 41 heavy (non-hydrogen) atoms. The van der Waals surface area contributed by atoms with Gasteiger partial charge in [-0.25, -0.2) is 9.97 Å². The summed E-state index contributed by atoms with van der Waals surface area (Å²) < 4.78 is 5.31. The van der Waals surface area contributed by atoms with Crippen LogP contribution in [-0.2, 0) is 0 Å². The molecule has 0 unspecified atom stereocenters. The lowest BCUT2D eigenvalue weighted by Gasteiger charge is -2.43. The molecule has 0 saturated carbocycles. The van der Waals surface area contributed by atoms with E-state index in [9.17, 15) is 10.1 Å². The smallest absolute Gasteiger partial charge is 0.276 e. The van der Waals surface area contributed by atoms with E-state index in [1.165, 1.54) is 44.9 Å². The highest BCUT2D eigenvalue weighted by molar-refractivity contribution is 6.34. The van der Waals surface area contributed by atoms with Crippen molar-refractivity contribution >= 4 is 40.5 Å². The number of aryl methyl sites for hydroxylation is 1. The molecule has 2 aliphatic heterocycles. The molecular formula is C30H35ClN8O2. The van der Waals surface area contributed by atoms with Crippen LogP contribution in [0.4, 0.5) is 23.0 Å². The maximum Gasteiger partial charge on any atom is 0.276 e. The lowest BCUT2D eigenvalue weighted by molar-refractivity contribution is 0.102. The zero-order valence-electron chi connectivity index (χ0n) is 23.7. The number of hydrogen-bond donors (Lipinski definition) is 2. The van der Waals surface area contributed by atoms with Crippen molar-refractivity contribution < 1.29 is 9.53 Å². The van der Waals surface area contributed by atoms with Crippen molar-refractivity contribution in [2.45, 2.75) is 25.8 Å². The molecule has 0 aliphatic carbocycles. The predicted octanol–water partition coefficient (Wildman–Crippen LogP) is 4.53. The number of rotatable bonds is 7. The van der Waals surface area contributed by atoms with Crippen molar-refractivity contribution in [3.8, 4) is 11.8 Å². The average molecular weight is 575 g/mol. The first-order valence-electron chi connectivity index (χ1n) is 13.8. The molecule has 1 amide bonds. The van der Waals surface area contributed by atoms with E-state index in [0.29, 0.717) is 11.8 Å². The highest BCUT2D eigenvalue weighted by atomic mass is 35.5. The van der Waals surface area contributed by atoms with Crippen LogP contribution in [0.15, 0.2) is 42.6 Å². The van der Waals surface area contributed by atoms with Gasteiger partial charge in [-0.05, 0) is 75.8 Å². The Balaban J connectivity index is 1.24. The molecule has 214 valence electrons. The van der Waals surface area contributed by atoms with Crippen LogP contribution < -0.4 is 20.3 Å². The quantitative estimate of drug-likeness (QED) is 0.420. The summed E-state index contributed by atoms with van der Waals surface area (Å²) in [5.74, 6) is 0.0195. The van der Waals surface area contributed by atoms with Gasteiger partial charge in [0.25, 0.3) is 5.91 Å². The van der Waals surface area contributed by atoms with E-state index in [4.69, 9.17) is 16.3 Å². The van der Waals surface area contributed by atoms with Gasteiger partial charge in [0.2, 0.25) is 5.95 Å². The zero-order valence-corrected chi connectivity index (χ0v) is 24.4. The number of carbonyl (C=O) groups is 1. The minimum atomic E-state index is -0.577. The van der Waals surface area contributed by atoms with Gasteiger partial charge in [-0.2, -0.15) is 5.26 Å². The van der Waals surface area contributed by atoms with Crippen molar-refractivity contribution in [3.63, 3.8) is 0 Å². The Kier molecular flexibility index (Phi) is 8.88.